The van der Waals surface area contributed by atoms with Crippen molar-refractivity contribution in [3.63, 3.8) is 0 Å². The number of primary amides is 1. The average Bonchev–Trinajstić information content (AvgIpc) is 4.09. The molecule has 82 heavy (non-hydrogen) atoms. The third kappa shape index (κ3) is 17.2. The number of hydrogen-bond acceptors (Lipinski definition) is 14. The monoisotopic (exact) mass is 1180 g/mol. The number of nitrogens with one attached hydrogen (secondary N) is 7. The van der Waals surface area contributed by atoms with Crippen molar-refractivity contribution in [2.45, 2.75) is 106 Å². The van der Waals surface area contributed by atoms with Gasteiger partial charge in [-0.2, -0.15) is 0 Å². The Bertz CT molecular complexity index is 3210. The zero-order valence-corrected chi connectivity index (χ0v) is 47.7. The first-order valence-electron chi connectivity index (χ1n) is 26.8. The molecule has 24 heteroatoms. The Morgan fingerprint density at radius 1 is 0.768 bits per heavy atom. The van der Waals surface area contributed by atoms with Crippen LogP contribution in [-0.4, -0.2) is 147 Å². The Balaban J connectivity index is 1.26. The van der Waals surface area contributed by atoms with Gasteiger partial charge in [0.25, 0.3) is 0 Å². The van der Waals surface area contributed by atoms with Gasteiger partial charge in [0.2, 0.25) is 47.3 Å². The number of aliphatic hydroxyl groups is 1. The molecule has 0 aliphatic carbocycles. The summed E-state index contributed by atoms with van der Waals surface area (Å²) >= 11 is 6.11. The van der Waals surface area contributed by atoms with E-state index in [0.717, 1.165) is 48.2 Å². The van der Waals surface area contributed by atoms with E-state index in [1.165, 1.54) is 20.2 Å². The summed E-state index contributed by atoms with van der Waals surface area (Å²) in [7, 11) is 3.33. The van der Waals surface area contributed by atoms with Gasteiger partial charge >= 0.3 is 0 Å². The maximum absolute atomic E-state index is 14.9. The molecular formula is C58H69ClN12O9S2. The van der Waals surface area contributed by atoms with Crippen LogP contribution in [0.3, 0.4) is 0 Å². The molecule has 0 unspecified atom stereocenters. The number of amides is 8. The number of aromatic amines is 1. The van der Waals surface area contributed by atoms with Crippen LogP contribution in [0, 0.1) is 0 Å². The van der Waals surface area contributed by atoms with Crippen LogP contribution in [0.1, 0.15) is 48.4 Å². The van der Waals surface area contributed by atoms with E-state index >= 15 is 0 Å². The second kappa shape index (κ2) is 30.0. The van der Waals surface area contributed by atoms with Gasteiger partial charge in [-0.05, 0) is 96.4 Å². The third-order valence-corrected chi connectivity index (χ3v) is 16.7. The smallest absolute Gasteiger partial charge is 0.246 e. The summed E-state index contributed by atoms with van der Waals surface area (Å²) in [6.07, 6.45) is 3.84. The summed E-state index contributed by atoms with van der Waals surface area (Å²) in [5, 5.41) is 31.0. The number of likely N-dealkylation sites (N-methyl/N-ethyl adjacent to an activating group) is 1. The zero-order valence-electron chi connectivity index (χ0n) is 45.3. The Morgan fingerprint density at radius 3 is 2.15 bits per heavy atom. The number of unbranched alkanes of at least 4 members (excludes halogenated alkanes) is 1. The number of hydrogen-bond donors (Lipinski definition) is 11. The number of H-pyrrole nitrogens is 1. The first-order chi connectivity index (χ1) is 39.4. The molecule has 434 valence electrons. The number of halogens is 1. The number of carbonyl (C=O) groups excluding carboxylic acids is 8. The van der Waals surface area contributed by atoms with Crippen molar-refractivity contribution >= 4 is 102 Å². The molecule has 14 N–H and O–H groups in total. The van der Waals surface area contributed by atoms with Crippen molar-refractivity contribution in [2.24, 2.45) is 17.2 Å². The molecule has 2 aromatic heterocycles. The van der Waals surface area contributed by atoms with Crippen molar-refractivity contribution in [3.8, 4) is 0 Å². The van der Waals surface area contributed by atoms with Crippen LogP contribution in [-0.2, 0) is 64.0 Å². The van der Waals surface area contributed by atoms with Gasteiger partial charge in [0.1, 0.15) is 42.3 Å². The van der Waals surface area contributed by atoms with Gasteiger partial charge in [-0.1, -0.05) is 112 Å². The zero-order chi connectivity index (χ0) is 58.9. The molecule has 9 atom stereocenters. The first-order valence-corrected chi connectivity index (χ1v) is 29.7. The Labute approximate surface area is 487 Å². The quantitative estimate of drug-likeness (QED) is 0.0434. The maximum atomic E-state index is 14.9. The van der Waals surface area contributed by atoms with Crippen molar-refractivity contribution < 1.29 is 43.5 Å². The van der Waals surface area contributed by atoms with Gasteiger partial charge in [-0.25, -0.2) is 0 Å². The summed E-state index contributed by atoms with van der Waals surface area (Å²) in [4.78, 5) is 124. The van der Waals surface area contributed by atoms with Crippen LogP contribution >= 0.6 is 33.2 Å². The number of benzene rings is 4. The summed E-state index contributed by atoms with van der Waals surface area (Å²) in [5.41, 5.74) is 21.5. The molecule has 21 nitrogen and oxygen atoms in total. The number of para-hydroxylation sites is 1. The minimum absolute atomic E-state index is 0.0155. The second-order valence-corrected chi connectivity index (χ2v) is 23.2. The Hall–Kier alpha value is -7.54. The van der Waals surface area contributed by atoms with Crippen LogP contribution in [0.5, 0.6) is 0 Å². The number of nitrogens with zero attached hydrogens (tertiary/aromatic N) is 2. The average molecular weight is 1180 g/mol. The van der Waals surface area contributed by atoms with E-state index in [-0.39, 0.29) is 50.2 Å². The standard InChI is InChI=1S/C58H69ClN12O9S2/c1-33(72)50-57(79)70-49(55(77)66-45(51(62)73)26-35-16-19-37-11-3-4-12-38(37)24-35)32-82-81-31-48(69-52(74)42(61)25-34-17-20-40(59)21-18-34)56(78)67-46(27-36-10-9-23-63-29-36)53(75)68-47(28-39-30-64-43-14-6-5-13-41(39)43)54(76)65-44(15-7-8-22-60)58(80)71(50)2/h3-6,9-14,16-21,23-24,29-30,33,42,44-50,64,72H,7-8,15,22,25-28,31-32,60-61H2,1-2H3,(H2,62,73)(H,65,76)(H,66,77)(H,67,78)(H,68,75)(H,69,74)(H,70,79)/t33-,42+,44+,45+,46+,47-,48-,49+,50+/m1/s1. The summed E-state index contributed by atoms with van der Waals surface area (Å²) in [6.45, 7) is 1.54. The van der Waals surface area contributed by atoms with E-state index in [4.69, 9.17) is 28.8 Å². The molecule has 1 saturated heterocycles. The van der Waals surface area contributed by atoms with Gasteiger partial charge in [-0.3, -0.25) is 43.3 Å². The molecule has 0 spiro atoms. The van der Waals surface area contributed by atoms with Crippen LogP contribution < -0.4 is 49.1 Å². The van der Waals surface area contributed by atoms with Crippen molar-refractivity contribution in [2.75, 3.05) is 25.1 Å². The highest BCUT2D eigenvalue weighted by Crippen LogP contribution is 2.25. The van der Waals surface area contributed by atoms with Crippen molar-refractivity contribution in [1.29, 1.82) is 0 Å². The maximum Gasteiger partial charge on any atom is 0.246 e. The van der Waals surface area contributed by atoms with Crippen LogP contribution in [0.25, 0.3) is 21.7 Å². The molecule has 0 bridgehead atoms. The number of fused-ring (bicyclic) bond motifs is 2. The highest BCUT2D eigenvalue weighted by Gasteiger charge is 2.39. The molecule has 7 rings (SSSR count). The van der Waals surface area contributed by atoms with Crippen LogP contribution in [0.15, 0.2) is 122 Å². The lowest BCUT2D eigenvalue weighted by Crippen LogP contribution is -2.62. The summed E-state index contributed by atoms with van der Waals surface area (Å²) in [6, 6.07) is 19.5. The molecule has 4 aromatic carbocycles. The molecule has 3 heterocycles. The van der Waals surface area contributed by atoms with E-state index in [1.54, 1.807) is 54.9 Å². The molecule has 8 amide bonds. The molecule has 6 aromatic rings. The van der Waals surface area contributed by atoms with Gasteiger partial charge in [0, 0.05) is 72.3 Å². The van der Waals surface area contributed by atoms with Crippen molar-refractivity contribution in [1.82, 2.24) is 46.8 Å². The molecule has 1 aliphatic rings. The normalized spacial score (nSPS) is 21.0. The molecule has 1 aliphatic heterocycles. The number of aromatic nitrogens is 2. The van der Waals surface area contributed by atoms with Crippen molar-refractivity contribution in [3.05, 3.63) is 149 Å². The third-order valence-electron chi connectivity index (χ3n) is 14.0. The predicted molar refractivity (Wildman–Crippen MR) is 318 cm³/mol. The Kier molecular flexibility index (Phi) is 22.7. The van der Waals surface area contributed by atoms with E-state index in [0.29, 0.717) is 40.1 Å². The van der Waals surface area contributed by atoms with Crippen LogP contribution in [0.4, 0.5) is 0 Å². The van der Waals surface area contributed by atoms with Gasteiger partial charge in [0.05, 0.1) is 12.1 Å². The fraction of sp³-hybridized carbons (Fsp3) is 0.362. The highest BCUT2D eigenvalue weighted by atomic mass is 35.5. The number of pyridine rings is 1. The second-order valence-electron chi connectivity index (χ2n) is 20.2. The Morgan fingerprint density at radius 2 is 1.44 bits per heavy atom. The number of nitrogens with two attached hydrogens (primary N) is 3. The fourth-order valence-corrected chi connectivity index (χ4v) is 12.0. The highest BCUT2D eigenvalue weighted by molar-refractivity contribution is 8.76. The lowest BCUT2D eigenvalue weighted by molar-refractivity contribution is -0.146. The topological polar surface area (TPSA) is 339 Å². The number of aliphatic hydroxyl groups excluding tert-OH is 1. The van der Waals surface area contributed by atoms with E-state index in [2.05, 4.69) is 41.9 Å². The van der Waals surface area contributed by atoms with E-state index < -0.39 is 102 Å². The summed E-state index contributed by atoms with van der Waals surface area (Å²) < 4.78 is 0. The first kappa shape index (κ1) is 62.1. The fourth-order valence-electron chi connectivity index (χ4n) is 9.56. The molecule has 0 radical (unpaired) electrons. The summed E-state index contributed by atoms with van der Waals surface area (Å²) in [5.74, 6) is -7.02. The molecular weight excluding hydrogens is 1110 g/mol. The molecule has 0 saturated carbocycles. The predicted octanol–water partition coefficient (Wildman–Crippen LogP) is 2.09. The number of rotatable bonds is 18. The SMILES string of the molecule is C[C@@H](O)[C@H]1C(=O)N[C@H](C(=O)N[C@@H](Cc2ccc3ccccc3c2)C(N)=O)CSSC[C@@H](NC(=O)[C@@H](N)Cc2ccc(Cl)cc2)C(=O)N[C@@H](Cc2cccnc2)C(=O)N[C@H](Cc2c[nH]c3ccccc23)C(=O)N[C@@H](CCCCN)C(=O)N1C. The van der Waals surface area contributed by atoms with E-state index in [1.807, 2.05) is 60.7 Å². The lowest BCUT2D eigenvalue weighted by atomic mass is 10.0. The largest absolute Gasteiger partial charge is 0.391 e. The van der Waals surface area contributed by atoms with E-state index in [9.17, 15) is 43.5 Å². The van der Waals surface area contributed by atoms with Gasteiger partial charge in [-0.15, -0.1) is 0 Å². The minimum atomic E-state index is -1.65. The lowest BCUT2D eigenvalue weighted by Gasteiger charge is -2.34. The van der Waals surface area contributed by atoms with Gasteiger partial charge in [0.15, 0.2) is 0 Å². The minimum Gasteiger partial charge on any atom is -0.391 e. The van der Waals surface area contributed by atoms with Gasteiger partial charge < -0.3 is 64.1 Å². The molecule has 1 fully saturated rings. The number of carbonyl (C=O) groups is 8. The van der Waals surface area contributed by atoms with Crippen LogP contribution in [0.2, 0.25) is 5.02 Å².